The number of fused-ring (bicyclic) bond motifs is 2. The molecule has 0 bridgehead atoms. The Bertz CT molecular complexity index is 3480. The zero-order valence-corrected chi connectivity index (χ0v) is 38.1. The molecule has 0 aliphatic carbocycles. The van der Waals surface area contributed by atoms with Crippen molar-refractivity contribution in [2.45, 2.75) is 0 Å². The minimum atomic E-state index is 1.09. The molecule has 0 saturated heterocycles. The number of hydrogen-bond acceptors (Lipinski definition) is 1. The first-order valence-corrected chi connectivity index (χ1v) is 23.7. The van der Waals surface area contributed by atoms with Gasteiger partial charge in [-0.25, -0.2) is 0 Å². The summed E-state index contributed by atoms with van der Waals surface area (Å²) in [6, 6.07) is 103. The second-order valence-electron chi connectivity index (χ2n) is 17.7. The fourth-order valence-electron chi connectivity index (χ4n) is 9.84. The molecule has 0 fully saturated rings. The molecule has 0 heterocycles. The van der Waals surface area contributed by atoms with Crippen LogP contribution in [0.3, 0.4) is 0 Å². The van der Waals surface area contributed by atoms with Gasteiger partial charge in [0.2, 0.25) is 0 Å². The lowest BCUT2D eigenvalue weighted by atomic mass is 9.93. The second-order valence-corrected chi connectivity index (χ2v) is 17.7. The maximum Gasteiger partial charge on any atom is 0.0462 e. The molecular weight excluding hydrogens is 831 g/mol. The van der Waals surface area contributed by atoms with Gasteiger partial charge in [0.15, 0.2) is 0 Å². The average Bonchev–Trinajstić information content (AvgIpc) is 3.44. The van der Waals surface area contributed by atoms with Gasteiger partial charge in [0.25, 0.3) is 0 Å². The standard InChI is InChI=1S/C68H47N/c1-4-12-48(13-5-1)53-34-40-62(41-35-53)69(63-42-36-54(37-43-63)51-22-26-58(27-23-51)65-20-10-18-56-30-32-60(46-67(56)65)49-14-6-2-7-15-49)64-44-38-55(39-45-64)52-24-28-59(29-25-52)66-21-11-19-57-31-33-61(47-68(57)66)50-16-8-3-9-17-50/h1-47H. The molecule has 0 aliphatic rings. The zero-order chi connectivity index (χ0) is 45.9. The van der Waals surface area contributed by atoms with Gasteiger partial charge in [-0.1, -0.05) is 237 Å². The van der Waals surface area contributed by atoms with Crippen molar-refractivity contribution in [2.24, 2.45) is 0 Å². The number of hydrogen-bond donors (Lipinski definition) is 0. The lowest BCUT2D eigenvalue weighted by molar-refractivity contribution is 1.28. The van der Waals surface area contributed by atoms with Crippen LogP contribution in [0, 0.1) is 0 Å². The summed E-state index contributed by atoms with van der Waals surface area (Å²) in [5.74, 6) is 0. The first-order valence-electron chi connectivity index (χ1n) is 23.7. The van der Waals surface area contributed by atoms with E-state index in [-0.39, 0.29) is 0 Å². The highest BCUT2D eigenvalue weighted by molar-refractivity contribution is 6.00. The Kier molecular flexibility index (Phi) is 11.0. The zero-order valence-electron chi connectivity index (χ0n) is 38.1. The van der Waals surface area contributed by atoms with Crippen LogP contribution in [0.5, 0.6) is 0 Å². The molecule has 0 aliphatic heterocycles. The topological polar surface area (TPSA) is 3.24 Å². The molecule has 1 nitrogen and oxygen atoms in total. The molecule has 1 heteroatoms. The summed E-state index contributed by atoms with van der Waals surface area (Å²) in [6.07, 6.45) is 0. The fraction of sp³-hybridized carbons (Fsp3) is 0. The van der Waals surface area contributed by atoms with Crippen molar-refractivity contribution in [3.63, 3.8) is 0 Å². The molecule has 0 radical (unpaired) electrons. The van der Waals surface area contributed by atoms with Crippen LogP contribution in [-0.4, -0.2) is 0 Å². The Morgan fingerprint density at radius 1 is 0.174 bits per heavy atom. The Hall–Kier alpha value is -9.04. The van der Waals surface area contributed by atoms with Gasteiger partial charge in [-0.15, -0.1) is 0 Å². The minimum absolute atomic E-state index is 1.09. The van der Waals surface area contributed by atoms with E-state index in [9.17, 15) is 0 Å². The van der Waals surface area contributed by atoms with E-state index in [2.05, 4.69) is 290 Å². The molecule has 0 unspecified atom stereocenters. The van der Waals surface area contributed by atoms with Crippen molar-refractivity contribution < 1.29 is 0 Å². The van der Waals surface area contributed by atoms with E-state index >= 15 is 0 Å². The molecule has 0 aromatic heterocycles. The van der Waals surface area contributed by atoms with Crippen LogP contribution in [0.15, 0.2) is 285 Å². The fourth-order valence-corrected chi connectivity index (χ4v) is 9.84. The minimum Gasteiger partial charge on any atom is -0.311 e. The van der Waals surface area contributed by atoms with Gasteiger partial charge in [0.05, 0.1) is 0 Å². The molecule has 12 aromatic rings. The summed E-state index contributed by atoms with van der Waals surface area (Å²) in [5, 5.41) is 5.00. The molecule has 0 spiro atoms. The Labute approximate surface area is 404 Å². The number of rotatable bonds is 10. The third kappa shape index (κ3) is 8.39. The molecule has 0 atom stereocenters. The van der Waals surface area contributed by atoms with E-state index in [1.54, 1.807) is 0 Å². The quantitative estimate of drug-likeness (QED) is 0.132. The van der Waals surface area contributed by atoms with E-state index in [0.717, 1.165) is 17.1 Å². The summed E-state index contributed by atoms with van der Waals surface area (Å²) in [7, 11) is 0. The first-order chi connectivity index (χ1) is 34.2. The van der Waals surface area contributed by atoms with Crippen LogP contribution in [-0.2, 0) is 0 Å². The van der Waals surface area contributed by atoms with Crippen molar-refractivity contribution >= 4 is 38.6 Å². The van der Waals surface area contributed by atoms with E-state index < -0.39 is 0 Å². The van der Waals surface area contributed by atoms with Crippen LogP contribution in [0.25, 0.3) is 99.4 Å². The van der Waals surface area contributed by atoms with Gasteiger partial charge in [0, 0.05) is 17.1 Å². The third-order valence-corrected chi connectivity index (χ3v) is 13.5. The SMILES string of the molecule is c1ccc(-c2ccc(N(c3ccc(-c4ccc(-c5cccc6ccc(-c7ccccc7)cc56)cc4)cc3)c3ccc(-c4ccc(-c5cccc6ccc(-c7ccccc7)cc56)cc4)cc3)cc2)cc1. The number of anilines is 3. The lowest BCUT2D eigenvalue weighted by Gasteiger charge is -2.26. The van der Waals surface area contributed by atoms with Crippen LogP contribution in [0.1, 0.15) is 0 Å². The second kappa shape index (κ2) is 18.3. The number of nitrogens with zero attached hydrogens (tertiary/aromatic N) is 1. The van der Waals surface area contributed by atoms with Gasteiger partial charge in [-0.3, -0.25) is 0 Å². The molecule has 0 saturated carbocycles. The van der Waals surface area contributed by atoms with Crippen LogP contribution >= 0.6 is 0 Å². The van der Waals surface area contributed by atoms with Crippen molar-refractivity contribution in [1.82, 2.24) is 0 Å². The summed E-state index contributed by atoms with van der Waals surface area (Å²) >= 11 is 0. The maximum atomic E-state index is 2.35. The Morgan fingerprint density at radius 3 is 0.768 bits per heavy atom. The summed E-state index contributed by atoms with van der Waals surface area (Å²) in [4.78, 5) is 2.35. The molecule has 324 valence electrons. The highest BCUT2D eigenvalue weighted by atomic mass is 15.1. The maximum absolute atomic E-state index is 2.35. The number of benzene rings is 12. The van der Waals surface area contributed by atoms with E-state index in [1.807, 2.05) is 0 Å². The molecule has 0 N–H and O–H groups in total. The van der Waals surface area contributed by atoms with Gasteiger partial charge in [0.1, 0.15) is 0 Å². The van der Waals surface area contributed by atoms with Crippen LogP contribution in [0.4, 0.5) is 17.1 Å². The molecule has 0 amide bonds. The van der Waals surface area contributed by atoms with Crippen molar-refractivity contribution in [3.05, 3.63) is 285 Å². The summed E-state index contributed by atoms with van der Waals surface area (Å²) < 4.78 is 0. The highest BCUT2D eigenvalue weighted by Gasteiger charge is 2.15. The van der Waals surface area contributed by atoms with Crippen molar-refractivity contribution in [2.75, 3.05) is 4.90 Å². The predicted molar refractivity (Wildman–Crippen MR) is 294 cm³/mol. The van der Waals surface area contributed by atoms with Crippen molar-refractivity contribution in [3.8, 4) is 77.9 Å². The van der Waals surface area contributed by atoms with Gasteiger partial charge >= 0.3 is 0 Å². The molecular formula is C68H47N. The summed E-state index contributed by atoms with van der Waals surface area (Å²) in [5.41, 5.74) is 20.2. The Morgan fingerprint density at radius 2 is 0.435 bits per heavy atom. The predicted octanol–water partition coefficient (Wildman–Crippen LogP) is 19.1. The largest absolute Gasteiger partial charge is 0.311 e. The van der Waals surface area contributed by atoms with E-state index in [1.165, 1.54) is 99.4 Å². The summed E-state index contributed by atoms with van der Waals surface area (Å²) in [6.45, 7) is 0. The van der Waals surface area contributed by atoms with Crippen LogP contribution < -0.4 is 4.90 Å². The van der Waals surface area contributed by atoms with E-state index in [4.69, 9.17) is 0 Å². The van der Waals surface area contributed by atoms with Crippen molar-refractivity contribution in [1.29, 1.82) is 0 Å². The molecule has 12 rings (SSSR count). The normalized spacial score (nSPS) is 11.2. The van der Waals surface area contributed by atoms with Gasteiger partial charge in [-0.05, 0) is 148 Å². The highest BCUT2D eigenvalue weighted by Crippen LogP contribution is 2.40. The lowest BCUT2D eigenvalue weighted by Crippen LogP contribution is -2.09. The third-order valence-electron chi connectivity index (χ3n) is 13.5. The monoisotopic (exact) mass is 877 g/mol. The van der Waals surface area contributed by atoms with Crippen LogP contribution in [0.2, 0.25) is 0 Å². The smallest absolute Gasteiger partial charge is 0.0462 e. The van der Waals surface area contributed by atoms with Gasteiger partial charge in [-0.2, -0.15) is 0 Å². The van der Waals surface area contributed by atoms with E-state index in [0.29, 0.717) is 0 Å². The average molecular weight is 878 g/mol. The first kappa shape index (κ1) is 41.4. The molecule has 69 heavy (non-hydrogen) atoms. The Balaban J connectivity index is 0.833. The van der Waals surface area contributed by atoms with Gasteiger partial charge < -0.3 is 4.90 Å². The molecule has 12 aromatic carbocycles.